The van der Waals surface area contributed by atoms with Gasteiger partial charge in [0, 0.05) is 23.8 Å². The number of hydrogen-bond donors (Lipinski definition) is 1. The number of nitrogens with one attached hydrogen (secondary N) is 1. The molecule has 0 aliphatic carbocycles. The lowest BCUT2D eigenvalue weighted by atomic mass is 10.2. The molecule has 1 N–H and O–H groups in total. The smallest absolute Gasteiger partial charge is 0.238 e. The van der Waals surface area contributed by atoms with E-state index in [4.69, 9.17) is 11.6 Å². The Balaban J connectivity index is 1.75. The largest absolute Gasteiger partial charge is 0.325 e. The van der Waals surface area contributed by atoms with Crippen LogP contribution in [0.1, 0.15) is 18.4 Å². The molecule has 0 saturated carbocycles. The molecule has 0 spiro atoms. The summed E-state index contributed by atoms with van der Waals surface area (Å²) >= 11 is 5.92. The van der Waals surface area contributed by atoms with Crippen LogP contribution in [-0.2, 0) is 4.79 Å². The van der Waals surface area contributed by atoms with E-state index in [1.54, 1.807) is 6.07 Å². The van der Waals surface area contributed by atoms with Crippen molar-refractivity contribution in [1.29, 1.82) is 0 Å². The predicted molar refractivity (Wildman–Crippen MR) is 88.0 cm³/mol. The van der Waals surface area contributed by atoms with Crippen molar-refractivity contribution >= 4 is 23.2 Å². The first-order valence-corrected chi connectivity index (χ1v) is 7.89. The fraction of sp³-hybridized carbons (Fsp3) is 0.562. The van der Waals surface area contributed by atoms with E-state index in [-0.39, 0.29) is 5.91 Å². The maximum Gasteiger partial charge on any atom is 0.238 e. The number of amides is 1. The zero-order chi connectivity index (χ0) is 15.2. The number of likely N-dealkylation sites (tertiary alicyclic amines) is 1. The molecular weight excluding hydrogens is 286 g/mol. The number of carbonyl (C=O) groups is 1. The number of hydrogen-bond acceptors (Lipinski definition) is 3. The molecule has 116 valence electrons. The van der Waals surface area contributed by atoms with Gasteiger partial charge < -0.3 is 10.2 Å². The molecule has 1 fully saturated rings. The number of anilines is 1. The highest BCUT2D eigenvalue weighted by Gasteiger charge is 2.13. The molecule has 5 heteroatoms. The predicted octanol–water partition coefficient (Wildman–Crippen LogP) is 2.61. The fourth-order valence-electron chi connectivity index (χ4n) is 2.60. The van der Waals surface area contributed by atoms with Gasteiger partial charge in [0.1, 0.15) is 0 Å². The summed E-state index contributed by atoms with van der Waals surface area (Å²) in [5.74, 6) is 0.0179. The molecule has 0 radical (unpaired) electrons. The average molecular weight is 310 g/mol. The number of rotatable bonds is 6. The van der Waals surface area contributed by atoms with Gasteiger partial charge in [0.15, 0.2) is 0 Å². The summed E-state index contributed by atoms with van der Waals surface area (Å²) in [4.78, 5) is 16.6. The molecule has 21 heavy (non-hydrogen) atoms. The zero-order valence-corrected chi connectivity index (χ0v) is 13.6. The molecule has 1 aromatic carbocycles. The molecule has 0 aromatic heterocycles. The molecule has 0 unspecified atom stereocenters. The summed E-state index contributed by atoms with van der Waals surface area (Å²) in [5, 5.41) is 3.63. The number of halogens is 1. The van der Waals surface area contributed by atoms with Crippen molar-refractivity contribution in [2.75, 3.05) is 45.1 Å². The van der Waals surface area contributed by atoms with Crippen LogP contribution in [0.25, 0.3) is 0 Å². The van der Waals surface area contributed by atoms with Gasteiger partial charge in [-0.1, -0.05) is 11.6 Å². The third-order valence-corrected chi connectivity index (χ3v) is 4.11. The second kappa shape index (κ2) is 7.78. The van der Waals surface area contributed by atoms with Gasteiger partial charge in [-0.15, -0.1) is 0 Å². The summed E-state index contributed by atoms with van der Waals surface area (Å²) in [6, 6.07) is 5.50. The molecule has 0 atom stereocenters. The van der Waals surface area contributed by atoms with Crippen LogP contribution in [0, 0.1) is 6.92 Å². The van der Waals surface area contributed by atoms with Gasteiger partial charge in [-0.3, -0.25) is 9.69 Å². The van der Waals surface area contributed by atoms with E-state index in [1.165, 1.54) is 25.9 Å². The van der Waals surface area contributed by atoms with Gasteiger partial charge in [0.05, 0.1) is 6.54 Å². The van der Waals surface area contributed by atoms with Crippen LogP contribution in [0.5, 0.6) is 0 Å². The van der Waals surface area contributed by atoms with Gasteiger partial charge in [0.25, 0.3) is 0 Å². The highest BCUT2D eigenvalue weighted by atomic mass is 35.5. The van der Waals surface area contributed by atoms with Gasteiger partial charge in [0.2, 0.25) is 5.91 Å². The summed E-state index contributed by atoms with van der Waals surface area (Å²) in [6.45, 7) is 6.72. The average Bonchev–Trinajstić information content (AvgIpc) is 2.93. The molecule has 1 aliphatic rings. The summed E-state index contributed by atoms with van der Waals surface area (Å²) in [7, 11) is 1.99. The van der Waals surface area contributed by atoms with Crippen molar-refractivity contribution in [2.45, 2.75) is 19.8 Å². The number of carbonyl (C=O) groups excluding carboxylic acids is 1. The van der Waals surface area contributed by atoms with Crippen molar-refractivity contribution < 1.29 is 4.79 Å². The molecule has 4 nitrogen and oxygen atoms in total. The van der Waals surface area contributed by atoms with Crippen molar-refractivity contribution in [1.82, 2.24) is 9.80 Å². The molecule has 2 rings (SSSR count). The molecule has 1 amide bonds. The highest BCUT2D eigenvalue weighted by molar-refractivity contribution is 6.30. The number of nitrogens with zero attached hydrogens (tertiary/aromatic N) is 2. The van der Waals surface area contributed by atoms with Gasteiger partial charge in [-0.2, -0.15) is 0 Å². The van der Waals surface area contributed by atoms with Gasteiger partial charge >= 0.3 is 0 Å². The van der Waals surface area contributed by atoms with Crippen LogP contribution < -0.4 is 5.32 Å². The topological polar surface area (TPSA) is 35.6 Å². The summed E-state index contributed by atoms with van der Waals surface area (Å²) in [5.41, 5.74) is 1.81. The minimum absolute atomic E-state index is 0.0179. The first-order valence-electron chi connectivity index (χ1n) is 7.51. The molecular formula is C16H24ClN3O. The van der Waals surface area contributed by atoms with E-state index in [0.29, 0.717) is 11.6 Å². The Hall–Kier alpha value is -1.10. The molecule has 1 heterocycles. The van der Waals surface area contributed by atoms with Crippen LogP contribution in [0.3, 0.4) is 0 Å². The van der Waals surface area contributed by atoms with Crippen molar-refractivity contribution in [3.8, 4) is 0 Å². The van der Waals surface area contributed by atoms with Crippen molar-refractivity contribution in [3.05, 3.63) is 28.8 Å². The minimum atomic E-state index is 0.0179. The quantitative estimate of drug-likeness (QED) is 0.877. The Morgan fingerprint density at radius 3 is 2.76 bits per heavy atom. The van der Waals surface area contributed by atoms with Gasteiger partial charge in [-0.25, -0.2) is 0 Å². The second-order valence-corrected chi connectivity index (χ2v) is 6.23. The van der Waals surface area contributed by atoms with E-state index >= 15 is 0 Å². The third-order valence-electron chi connectivity index (χ3n) is 3.87. The Labute approximate surface area is 132 Å². The standard InChI is InChI=1S/C16H24ClN3O/c1-13-11-14(17)5-6-15(13)18-16(21)12-19(2)9-10-20-7-3-4-8-20/h5-6,11H,3-4,7-10,12H2,1-2H3,(H,18,21). The van der Waals surface area contributed by atoms with E-state index in [9.17, 15) is 4.79 Å². The molecule has 1 saturated heterocycles. The SMILES string of the molecule is Cc1cc(Cl)ccc1NC(=O)CN(C)CCN1CCCC1. The maximum absolute atomic E-state index is 12.1. The van der Waals surface area contributed by atoms with E-state index in [0.717, 1.165) is 24.3 Å². The fourth-order valence-corrected chi connectivity index (χ4v) is 2.83. The molecule has 1 aliphatic heterocycles. The summed E-state index contributed by atoms with van der Waals surface area (Å²) in [6.07, 6.45) is 2.61. The normalized spacial score (nSPS) is 15.6. The summed E-state index contributed by atoms with van der Waals surface area (Å²) < 4.78 is 0. The van der Waals surface area contributed by atoms with Crippen LogP contribution >= 0.6 is 11.6 Å². The van der Waals surface area contributed by atoms with Crippen LogP contribution in [0.15, 0.2) is 18.2 Å². The lowest BCUT2D eigenvalue weighted by Crippen LogP contribution is -2.36. The van der Waals surface area contributed by atoms with E-state index in [2.05, 4.69) is 15.1 Å². The van der Waals surface area contributed by atoms with Crippen molar-refractivity contribution in [3.63, 3.8) is 0 Å². The minimum Gasteiger partial charge on any atom is -0.325 e. The second-order valence-electron chi connectivity index (χ2n) is 5.79. The molecule has 1 aromatic rings. The first kappa shape index (κ1) is 16.3. The lowest BCUT2D eigenvalue weighted by molar-refractivity contribution is -0.117. The molecule has 0 bridgehead atoms. The van der Waals surface area contributed by atoms with Crippen LogP contribution in [0.2, 0.25) is 5.02 Å². The van der Waals surface area contributed by atoms with E-state index < -0.39 is 0 Å². The highest BCUT2D eigenvalue weighted by Crippen LogP contribution is 2.19. The van der Waals surface area contributed by atoms with Crippen molar-refractivity contribution in [2.24, 2.45) is 0 Å². The number of likely N-dealkylation sites (N-methyl/N-ethyl adjacent to an activating group) is 1. The third kappa shape index (κ3) is 5.30. The maximum atomic E-state index is 12.1. The Morgan fingerprint density at radius 1 is 1.38 bits per heavy atom. The Bertz CT molecular complexity index is 486. The Kier molecular flexibility index (Phi) is 6.03. The lowest BCUT2D eigenvalue weighted by Gasteiger charge is -2.21. The van der Waals surface area contributed by atoms with Gasteiger partial charge in [-0.05, 0) is 63.7 Å². The number of benzene rings is 1. The monoisotopic (exact) mass is 309 g/mol. The first-order chi connectivity index (χ1) is 10.0. The van der Waals surface area contributed by atoms with Crippen LogP contribution in [0.4, 0.5) is 5.69 Å². The number of aryl methyl sites for hydroxylation is 1. The zero-order valence-electron chi connectivity index (χ0n) is 12.9. The van der Waals surface area contributed by atoms with E-state index in [1.807, 2.05) is 26.1 Å². The Morgan fingerprint density at radius 2 is 2.10 bits per heavy atom. The van der Waals surface area contributed by atoms with Crippen LogP contribution in [-0.4, -0.2) is 55.5 Å².